The molecule has 0 rings (SSSR count). The van der Waals surface area contributed by atoms with Gasteiger partial charge < -0.3 is 15.5 Å². The van der Waals surface area contributed by atoms with Crippen LogP contribution >= 0.6 is 0 Å². The van der Waals surface area contributed by atoms with Gasteiger partial charge in [0.05, 0.1) is 13.2 Å². The van der Waals surface area contributed by atoms with Gasteiger partial charge in [0, 0.05) is 5.71 Å². The minimum atomic E-state index is -0.135. The summed E-state index contributed by atoms with van der Waals surface area (Å²) in [6.45, 7) is 7.54. The summed E-state index contributed by atoms with van der Waals surface area (Å²) in [6, 6.07) is 0. The van der Waals surface area contributed by atoms with E-state index in [-0.39, 0.29) is 29.2 Å². The molecule has 5 heteroatoms. The van der Waals surface area contributed by atoms with Gasteiger partial charge in [0.1, 0.15) is 6.61 Å². The van der Waals surface area contributed by atoms with E-state index in [4.69, 9.17) is 10.2 Å². The Morgan fingerprint density at radius 3 is 2.53 bits per heavy atom. The van der Waals surface area contributed by atoms with Crippen LogP contribution in [0.2, 0.25) is 0 Å². The molecule has 0 heterocycles. The van der Waals surface area contributed by atoms with E-state index in [1.165, 1.54) is 0 Å². The average molecular weight is 266 g/mol. The molecule has 0 spiro atoms. The normalized spacial score (nSPS) is 12.5. The molecule has 93 valence electrons. The molecule has 0 unspecified atom stereocenters. The monoisotopic (exact) mass is 265 g/mol. The third-order valence-electron chi connectivity index (χ3n) is 1.82. The summed E-state index contributed by atoms with van der Waals surface area (Å²) < 4.78 is 0. The van der Waals surface area contributed by atoms with Crippen molar-refractivity contribution in [3.05, 3.63) is 5.32 Å². The molecule has 0 bridgehead atoms. The van der Waals surface area contributed by atoms with Crippen LogP contribution in [0.15, 0.2) is 4.99 Å². The maximum Gasteiger partial charge on any atom is 2.00 e. The van der Waals surface area contributed by atoms with Crippen LogP contribution in [-0.4, -0.2) is 47.8 Å². The molecule has 3 N–H and O–H groups in total. The molecule has 0 aliphatic rings. The van der Waals surface area contributed by atoms with Crippen LogP contribution in [0.5, 0.6) is 0 Å². The van der Waals surface area contributed by atoms with E-state index in [0.717, 1.165) is 12.1 Å². The fraction of sp³-hybridized carbons (Fsp3) is 0.900. The third kappa shape index (κ3) is 10.4. The fourth-order valence-corrected chi connectivity index (χ4v) is 1.34. The Balaban J connectivity index is 0. The summed E-state index contributed by atoms with van der Waals surface area (Å²) in [7, 11) is 0. The molecular weight excluding hydrogens is 244 g/mol. The van der Waals surface area contributed by atoms with Crippen molar-refractivity contribution in [1.29, 1.82) is 0 Å². The van der Waals surface area contributed by atoms with Gasteiger partial charge in [0.25, 0.3) is 0 Å². The Hall–Kier alpha value is 0.0695. The molecule has 0 amide bonds. The quantitative estimate of drug-likeness (QED) is 0.411. The Kier molecular flexibility index (Phi) is 10.8. The number of hydrogen-bond acceptors (Lipinski definition) is 2. The number of aliphatic imine (C=N–C) groups is 1. The number of aliphatic hydroxyl groups is 1. The fourth-order valence-electron chi connectivity index (χ4n) is 1.34. The molecule has 0 saturated heterocycles. The van der Waals surface area contributed by atoms with Gasteiger partial charge in [-0.25, -0.2) is 0 Å². The van der Waals surface area contributed by atoms with Crippen molar-refractivity contribution >= 4 is 5.71 Å². The second-order valence-electron chi connectivity index (χ2n) is 3.96. The maximum atomic E-state index is 8.60. The van der Waals surface area contributed by atoms with Crippen LogP contribution in [0.4, 0.5) is 0 Å². The topological polar surface area (TPSA) is 69.6 Å². The second kappa shape index (κ2) is 9.31. The van der Waals surface area contributed by atoms with Crippen molar-refractivity contribution in [3.63, 3.8) is 0 Å². The zero-order valence-electron chi connectivity index (χ0n) is 9.68. The molecule has 15 heavy (non-hydrogen) atoms. The molecule has 0 saturated carbocycles. The Bertz CT molecular complexity index is 184. The van der Waals surface area contributed by atoms with E-state index < -0.39 is 0 Å². The molecule has 0 aliphatic carbocycles. The van der Waals surface area contributed by atoms with Crippen molar-refractivity contribution in [2.45, 2.75) is 32.7 Å². The predicted molar refractivity (Wildman–Crippen MR) is 60.5 cm³/mol. The first kappa shape index (κ1) is 17.5. The SMILES string of the molecule is CC(CC(C)(C)[N-]CC[OH2+])=NCCO.[Cu+2]. The summed E-state index contributed by atoms with van der Waals surface area (Å²) in [6.07, 6.45) is 0.799. The molecule has 0 aromatic rings. The minimum absolute atomic E-state index is 0. The molecule has 0 aromatic carbocycles. The van der Waals surface area contributed by atoms with Crippen molar-refractivity contribution in [3.8, 4) is 0 Å². The van der Waals surface area contributed by atoms with Crippen molar-refractivity contribution in [1.82, 2.24) is 0 Å². The molecule has 0 aromatic heterocycles. The minimum Gasteiger partial charge on any atom is -0.651 e. The molecular formula is C10H22CuN2O2+2. The van der Waals surface area contributed by atoms with E-state index in [0.29, 0.717) is 19.7 Å². The Morgan fingerprint density at radius 2 is 2.07 bits per heavy atom. The first-order chi connectivity index (χ1) is 6.52. The number of aliphatic hydroxyl groups excluding tert-OH is 1. The molecule has 0 atom stereocenters. The molecule has 0 fully saturated rings. The molecule has 4 nitrogen and oxygen atoms in total. The van der Waals surface area contributed by atoms with Gasteiger partial charge in [-0.15, -0.1) is 5.54 Å². The smallest absolute Gasteiger partial charge is 0.651 e. The third-order valence-corrected chi connectivity index (χ3v) is 1.82. The van der Waals surface area contributed by atoms with Gasteiger partial charge in [-0.05, 0) is 13.3 Å². The van der Waals surface area contributed by atoms with Crippen LogP contribution in [-0.2, 0) is 17.1 Å². The van der Waals surface area contributed by atoms with E-state index in [9.17, 15) is 0 Å². The van der Waals surface area contributed by atoms with E-state index >= 15 is 0 Å². The largest absolute Gasteiger partial charge is 2.00 e. The van der Waals surface area contributed by atoms with Crippen LogP contribution in [0.3, 0.4) is 0 Å². The first-order valence-corrected chi connectivity index (χ1v) is 4.96. The van der Waals surface area contributed by atoms with Crippen molar-refractivity contribution < 1.29 is 27.3 Å². The van der Waals surface area contributed by atoms with Gasteiger partial charge in [-0.3, -0.25) is 4.99 Å². The number of rotatable bonds is 7. The maximum absolute atomic E-state index is 8.60. The molecule has 1 radical (unpaired) electrons. The van der Waals surface area contributed by atoms with Gasteiger partial charge in [-0.2, -0.15) is 0 Å². The Labute approximate surface area is 103 Å². The number of hydrogen-bond donors (Lipinski definition) is 1. The van der Waals surface area contributed by atoms with Crippen molar-refractivity contribution in [2.24, 2.45) is 4.99 Å². The summed E-state index contributed by atoms with van der Waals surface area (Å²) >= 11 is 0. The first-order valence-electron chi connectivity index (χ1n) is 4.96. The molecule has 0 aliphatic heterocycles. The van der Waals surface area contributed by atoms with Crippen LogP contribution in [0.1, 0.15) is 27.2 Å². The van der Waals surface area contributed by atoms with Gasteiger partial charge in [0.15, 0.2) is 0 Å². The zero-order chi connectivity index (χ0) is 11.0. The number of nitrogens with zero attached hydrogens (tertiary/aromatic N) is 2. The van der Waals surface area contributed by atoms with E-state index in [1.807, 2.05) is 20.8 Å². The summed E-state index contributed by atoms with van der Waals surface area (Å²) in [4.78, 5) is 4.20. The van der Waals surface area contributed by atoms with Crippen LogP contribution in [0, 0.1) is 0 Å². The summed E-state index contributed by atoms with van der Waals surface area (Å²) in [5, 5.41) is 20.0. The van der Waals surface area contributed by atoms with Gasteiger partial charge in [0.2, 0.25) is 0 Å². The predicted octanol–water partition coefficient (Wildman–Crippen LogP) is 0.704. The second-order valence-corrected chi connectivity index (χ2v) is 3.96. The summed E-state index contributed by atoms with van der Waals surface area (Å²) in [5.41, 5.74) is 0.877. The van der Waals surface area contributed by atoms with E-state index in [2.05, 4.69) is 10.3 Å². The van der Waals surface area contributed by atoms with Crippen LogP contribution in [0.25, 0.3) is 5.32 Å². The summed E-state index contributed by atoms with van der Waals surface area (Å²) in [5.74, 6) is 0. The van der Waals surface area contributed by atoms with E-state index in [1.54, 1.807) is 0 Å². The van der Waals surface area contributed by atoms with Crippen molar-refractivity contribution in [2.75, 3.05) is 26.3 Å². The Morgan fingerprint density at radius 1 is 1.47 bits per heavy atom. The van der Waals surface area contributed by atoms with Gasteiger partial charge in [-0.1, -0.05) is 20.4 Å². The standard InChI is InChI=1S/C10H21N2O2.Cu/c1-9(11-4-6-13)8-10(2,3)12-5-7-14;/h13-14H,4-8H2,1-3H3;/q-1;+2/p+1. The van der Waals surface area contributed by atoms with Crippen LogP contribution < -0.4 is 0 Å². The zero-order valence-corrected chi connectivity index (χ0v) is 10.6. The van der Waals surface area contributed by atoms with Gasteiger partial charge >= 0.3 is 17.1 Å². The average Bonchev–Trinajstić information content (AvgIpc) is 2.11.